The van der Waals surface area contributed by atoms with Gasteiger partial charge in [-0.25, -0.2) is 19.4 Å². The number of oxime groups is 1. The van der Waals surface area contributed by atoms with Crippen LogP contribution in [0.25, 0.3) is 0 Å². The monoisotopic (exact) mass is 756 g/mol. The summed E-state index contributed by atoms with van der Waals surface area (Å²) in [5.41, 5.74) is -3.61. The molecule has 4 amide bonds. The van der Waals surface area contributed by atoms with Crippen molar-refractivity contribution < 1.29 is 52.5 Å². The fraction of sp³-hybridized carbons (Fsp3) is 0.719. The van der Waals surface area contributed by atoms with E-state index in [9.17, 15) is 24.0 Å². The minimum atomic E-state index is -1.63. The second-order valence-electron chi connectivity index (χ2n) is 15.9. The van der Waals surface area contributed by atoms with Crippen molar-refractivity contribution in [2.45, 2.75) is 116 Å². The predicted octanol–water partition coefficient (Wildman–Crippen LogP) is 3.46. The van der Waals surface area contributed by atoms with Crippen molar-refractivity contribution in [2.24, 2.45) is 5.16 Å². The van der Waals surface area contributed by atoms with Crippen LogP contribution in [-0.4, -0.2) is 122 Å². The third-order valence-corrected chi connectivity index (χ3v) is 9.42. The van der Waals surface area contributed by atoms with E-state index < -0.39 is 73.0 Å². The molecule has 0 bridgehead atoms. The molecule has 3 N–H and O–H groups in total. The van der Waals surface area contributed by atoms with Crippen LogP contribution in [-0.2, 0) is 42.9 Å². The number of aromatic nitrogens is 1. The number of hydrogen-bond acceptors (Lipinski definition) is 14. The number of carbonyl (C=O) groups excluding carboxylic acids is 5. The molecule has 1 aromatic rings. The number of β-lactam (4-membered cyclic amide) rings is 1. The van der Waals surface area contributed by atoms with Crippen LogP contribution >= 0.6 is 11.3 Å². The fourth-order valence-electron chi connectivity index (χ4n) is 4.33. The van der Waals surface area contributed by atoms with Crippen LogP contribution in [0.5, 0.6) is 0 Å². The van der Waals surface area contributed by atoms with E-state index in [2.05, 4.69) is 45.7 Å². The highest BCUT2D eigenvalue weighted by Crippen LogP contribution is 2.22. The van der Waals surface area contributed by atoms with Crippen LogP contribution < -0.4 is 16.0 Å². The van der Waals surface area contributed by atoms with Gasteiger partial charge in [0.25, 0.3) is 5.91 Å². The molecule has 17 nitrogen and oxygen atoms in total. The number of anilines is 1. The maximum atomic E-state index is 13.7. The van der Waals surface area contributed by atoms with Gasteiger partial charge in [-0.3, -0.25) is 14.9 Å². The lowest BCUT2D eigenvalue weighted by Crippen LogP contribution is -2.72. The number of ether oxygens (including phenoxy) is 5. The maximum absolute atomic E-state index is 13.7. The second kappa shape index (κ2) is 16.7. The molecule has 2 aliphatic rings. The van der Waals surface area contributed by atoms with Crippen LogP contribution in [0, 0.1) is 0 Å². The highest BCUT2D eigenvalue weighted by Gasteiger charge is 2.45. The molecule has 2 aliphatic heterocycles. The van der Waals surface area contributed by atoms with Crippen molar-refractivity contribution in [1.29, 1.82) is 0 Å². The Bertz CT molecular complexity index is 1460. The topological polar surface area (TPSA) is 205 Å². The van der Waals surface area contributed by atoms with Crippen LogP contribution in [0.4, 0.5) is 14.7 Å². The molecule has 2 saturated heterocycles. The van der Waals surface area contributed by atoms with Crippen LogP contribution in [0.2, 0.25) is 25.7 Å². The summed E-state index contributed by atoms with van der Waals surface area (Å²) in [4.78, 5) is 75.2. The molecule has 3 heterocycles. The largest absolute Gasteiger partial charge is 0.457 e. The van der Waals surface area contributed by atoms with Gasteiger partial charge in [-0.1, -0.05) is 24.8 Å². The Labute approximate surface area is 303 Å². The molecule has 0 saturated carbocycles. The lowest BCUT2D eigenvalue weighted by molar-refractivity contribution is -0.179. The van der Waals surface area contributed by atoms with Crippen molar-refractivity contribution >= 4 is 60.2 Å². The smallest absolute Gasteiger partial charge is 0.413 e. The van der Waals surface area contributed by atoms with Crippen molar-refractivity contribution in [1.82, 2.24) is 20.5 Å². The number of amides is 4. The summed E-state index contributed by atoms with van der Waals surface area (Å²) in [6.07, 6.45) is -1.87. The first-order valence-electron chi connectivity index (χ1n) is 16.6. The second-order valence-corrected chi connectivity index (χ2v) is 22.4. The normalized spacial score (nSPS) is 19.9. The summed E-state index contributed by atoms with van der Waals surface area (Å²) in [5.74, 6) is -2.09. The first kappa shape index (κ1) is 41.6. The maximum Gasteiger partial charge on any atom is 0.413 e. The van der Waals surface area contributed by atoms with Gasteiger partial charge < -0.3 is 44.1 Å². The lowest BCUT2D eigenvalue weighted by atomic mass is 9.98. The van der Waals surface area contributed by atoms with Crippen molar-refractivity contribution in [3.8, 4) is 0 Å². The van der Waals surface area contributed by atoms with E-state index in [4.69, 9.17) is 28.5 Å². The first-order chi connectivity index (χ1) is 23.4. The zero-order chi connectivity index (χ0) is 38.4. The average Bonchev–Trinajstić information content (AvgIpc) is 3.56. The van der Waals surface area contributed by atoms with E-state index in [-0.39, 0.29) is 43.0 Å². The molecule has 19 heteroatoms. The predicted molar refractivity (Wildman–Crippen MR) is 190 cm³/mol. The zero-order valence-electron chi connectivity index (χ0n) is 31.3. The van der Waals surface area contributed by atoms with Crippen molar-refractivity contribution in [3.05, 3.63) is 11.1 Å². The van der Waals surface area contributed by atoms with E-state index >= 15 is 0 Å². The summed E-state index contributed by atoms with van der Waals surface area (Å²) in [6, 6.07) is -0.699. The molecule has 286 valence electrons. The quantitative estimate of drug-likeness (QED) is 0.0324. The molecule has 1 aromatic heterocycles. The van der Waals surface area contributed by atoms with E-state index in [1.807, 2.05) is 0 Å². The number of nitrogens with one attached hydrogen (secondary N) is 3. The Morgan fingerprint density at radius 1 is 1.06 bits per heavy atom. The molecule has 0 aromatic carbocycles. The third-order valence-electron chi connectivity index (χ3n) is 6.96. The zero-order valence-corrected chi connectivity index (χ0v) is 33.1. The van der Waals surface area contributed by atoms with Crippen LogP contribution in [0.3, 0.4) is 0 Å². The Kier molecular flexibility index (Phi) is 13.6. The molecule has 51 heavy (non-hydrogen) atoms. The molecule has 0 radical (unpaired) electrons. The van der Waals surface area contributed by atoms with E-state index in [0.717, 1.165) is 17.4 Å². The highest BCUT2D eigenvalue weighted by molar-refractivity contribution is 7.14. The van der Waals surface area contributed by atoms with Gasteiger partial charge in [0.15, 0.2) is 10.8 Å². The number of thiazole rings is 1. The molecule has 0 unspecified atom stereocenters. The third kappa shape index (κ3) is 13.7. The Balaban J connectivity index is 1.68. The summed E-state index contributed by atoms with van der Waals surface area (Å²) >= 11 is 0.984. The van der Waals surface area contributed by atoms with Gasteiger partial charge in [0.2, 0.25) is 11.5 Å². The average molecular weight is 757 g/mol. The van der Waals surface area contributed by atoms with E-state index in [1.165, 1.54) is 24.1 Å². The number of nitrogens with zero attached hydrogens (tertiary/aromatic N) is 3. The number of rotatable bonds is 16. The molecule has 3 atom stereocenters. The minimum Gasteiger partial charge on any atom is -0.457 e. The molecule has 0 spiro atoms. The van der Waals surface area contributed by atoms with Gasteiger partial charge in [-0.2, -0.15) is 0 Å². The van der Waals surface area contributed by atoms with Gasteiger partial charge >= 0.3 is 18.2 Å². The fourth-order valence-corrected chi connectivity index (χ4v) is 5.76. The van der Waals surface area contributed by atoms with Crippen LogP contribution in [0.15, 0.2) is 10.5 Å². The van der Waals surface area contributed by atoms with Crippen molar-refractivity contribution in [3.63, 3.8) is 0 Å². The minimum absolute atomic E-state index is 0.0183. The standard InChI is InChI=1S/C32H52N6O11SSi/c1-30(2,3)47-26(41)32(7,8)49-37-23(21-17-50-27(34-21)36-28(42)48-31(4,5)6)25(40)35-22-20(33-24(22)39)15-38-14-19(46-29(38)43)16-45-18-44-12-13-51(9,10)11/h17,19-20,22H,12-16,18H2,1-11H3,(H,33,39)(H,35,40)(H,34,36,42)/t19-,20-,22-/m0/s1. The van der Waals surface area contributed by atoms with E-state index in [1.54, 1.807) is 41.5 Å². The Morgan fingerprint density at radius 3 is 2.33 bits per heavy atom. The molecule has 3 rings (SSSR count). The molecule has 0 aliphatic carbocycles. The van der Waals surface area contributed by atoms with Gasteiger partial charge in [0.05, 0.1) is 19.2 Å². The number of esters is 1. The highest BCUT2D eigenvalue weighted by atomic mass is 32.1. The number of hydrogen-bond donors (Lipinski definition) is 3. The summed E-state index contributed by atoms with van der Waals surface area (Å²) in [7, 11) is -1.22. The van der Waals surface area contributed by atoms with E-state index in [0.29, 0.717) is 6.61 Å². The Hall–Kier alpha value is -3.81. The van der Waals surface area contributed by atoms with Gasteiger partial charge in [0, 0.05) is 26.6 Å². The van der Waals surface area contributed by atoms with Crippen molar-refractivity contribution in [2.75, 3.05) is 38.4 Å². The molecular formula is C32H52N6O11SSi. The summed E-state index contributed by atoms with van der Waals surface area (Å²) in [5, 5.41) is 13.3. The summed E-state index contributed by atoms with van der Waals surface area (Å²) < 4.78 is 27.2. The first-order valence-corrected chi connectivity index (χ1v) is 21.2. The SMILES string of the molecule is CC(C)(C)OC(=O)Nc1nc(C(=NOC(C)(C)C(=O)OC(C)(C)C)C(=O)N[C@@H]2C(=O)N[C@H]2CN2C[C@@H](COCOCC[Si](C)(C)C)OC2=O)cs1. The summed E-state index contributed by atoms with van der Waals surface area (Å²) in [6.45, 7) is 20.9. The van der Waals surface area contributed by atoms with Gasteiger partial charge in [0.1, 0.15) is 35.8 Å². The van der Waals surface area contributed by atoms with Gasteiger partial charge in [-0.15, -0.1) is 11.3 Å². The molecule has 2 fully saturated rings. The van der Waals surface area contributed by atoms with Gasteiger partial charge in [-0.05, 0) is 61.4 Å². The van der Waals surface area contributed by atoms with Crippen LogP contribution in [0.1, 0.15) is 61.1 Å². The number of carbonyl (C=O) groups is 5. The lowest BCUT2D eigenvalue weighted by Gasteiger charge is -2.38. The Morgan fingerprint density at radius 2 is 1.73 bits per heavy atom. The number of cyclic esters (lactones) is 1. The molecular weight excluding hydrogens is 705 g/mol.